The molecule has 0 atom stereocenters. The van der Waals surface area contributed by atoms with Gasteiger partial charge < -0.3 is 9.73 Å². The van der Waals surface area contributed by atoms with E-state index in [1.807, 2.05) is 55.5 Å². The molecule has 0 spiro atoms. The molecule has 0 aliphatic heterocycles. The summed E-state index contributed by atoms with van der Waals surface area (Å²) < 4.78 is 6.70. The molecule has 1 N–H and O–H groups in total. The molecule has 0 bridgehead atoms. The molecule has 24 heavy (non-hydrogen) atoms. The quantitative estimate of drug-likeness (QED) is 0.461. The van der Waals surface area contributed by atoms with Crippen LogP contribution in [0.5, 0.6) is 0 Å². The minimum Gasteiger partial charge on any atom is -0.411 e. The molecule has 5 nitrogen and oxygen atoms in total. The standard InChI is InChI=1S/C17H14IN3O2S/c1-11-5-2-3-8-14(11)16-20-21-17(23-16)24-10-15(22)19-13-7-4-6-12(18)9-13/h2-9H,10H2,1H3,(H,19,22). The smallest absolute Gasteiger partial charge is 0.277 e. The SMILES string of the molecule is Cc1ccccc1-c1nnc(SCC(=O)Nc2cccc(I)c2)o1. The van der Waals surface area contributed by atoms with Crippen LogP contribution in [-0.4, -0.2) is 21.9 Å². The van der Waals surface area contributed by atoms with Gasteiger partial charge in [-0.25, -0.2) is 0 Å². The van der Waals surface area contributed by atoms with E-state index >= 15 is 0 Å². The Kier molecular flexibility index (Phi) is 5.52. The summed E-state index contributed by atoms with van der Waals surface area (Å²) in [6.45, 7) is 1.99. The molecule has 1 aromatic heterocycles. The van der Waals surface area contributed by atoms with Gasteiger partial charge in [0.05, 0.1) is 5.75 Å². The maximum absolute atomic E-state index is 12.0. The Hall–Kier alpha value is -1.87. The van der Waals surface area contributed by atoms with Gasteiger partial charge in [-0.05, 0) is 59.3 Å². The van der Waals surface area contributed by atoms with Crippen molar-refractivity contribution in [3.05, 3.63) is 57.7 Å². The molecular formula is C17H14IN3O2S. The van der Waals surface area contributed by atoms with Gasteiger partial charge in [-0.3, -0.25) is 4.79 Å². The summed E-state index contributed by atoms with van der Waals surface area (Å²) in [6, 6.07) is 15.4. The molecule has 0 saturated heterocycles. The first-order valence-electron chi connectivity index (χ1n) is 7.19. The Morgan fingerprint density at radius 1 is 1.21 bits per heavy atom. The predicted octanol–water partition coefficient (Wildman–Crippen LogP) is 4.38. The van der Waals surface area contributed by atoms with Gasteiger partial charge in [0.25, 0.3) is 5.22 Å². The Balaban J connectivity index is 1.59. The van der Waals surface area contributed by atoms with E-state index in [2.05, 4.69) is 38.1 Å². The maximum Gasteiger partial charge on any atom is 0.277 e. The summed E-state index contributed by atoms with van der Waals surface area (Å²) in [6.07, 6.45) is 0. The molecule has 0 saturated carbocycles. The van der Waals surface area contributed by atoms with E-state index in [1.165, 1.54) is 11.8 Å². The summed E-state index contributed by atoms with van der Waals surface area (Å²) in [5.74, 6) is 0.562. The number of aryl methyl sites for hydroxylation is 1. The highest BCUT2D eigenvalue weighted by molar-refractivity contribution is 14.1. The Bertz CT molecular complexity index is 866. The van der Waals surface area contributed by atoms with Crippen LogP contribution in [-0.2, 0) is 4.79 Å². The van der Waals surface area contributed by atoms with E-state index in [9.17, 15) is 4.79 Å². The van der Waals surface area contributed by atoms with Crippen LogP contribution in [0.25, 0.3) is 11.5 Å². The summed E-state index contributed by atoms with van der Waals surface area (Å²) >= 11 is 3.42. The third-order valence-corrected chi connectivity index (χ3v) is 4.71. The third-order valence-electron chi connectivity index (χ3n) is 3.22. The predicted molar refractivity (Wildman–Crippen MR) is 103 cm³/mol. The van der Waals surface area contributed by atoms with Crippen molar-refractivity contribution in [3.63, 3.8) is 0 Å². The summed E-state index contributed by atoms with van der Waals surface area (Å²) in [5.41, 5.74) is 2.74. The number of hydrogen-bond donors (Lipinski definition) is 1. The van der Waals surface area contributed by atoms with Gasteiger partial charge >= 0.3 is 0 Å². The zero-order valence-electron chi connectivity index (χ0n) is 12.8. The van der Waals surface area contributed by atoms with Crippen LogP contribution >= 0.6 is 34.4 Å². The minimum absolute atomic E-state index is 0.113. The van der Waals surface area contributed by atoms with Crippen LogP contribution in [0.15, 0.2) is 58.2 Å². The Morgan fingerprint density at radius 3 is 2.83 bits per heavy atom. The number of carbonyl (C=O) groups is 1. The fraction of sp³-hybridized carbons (Fsp3) is 0.118. The second-order valence-electron chi connectivity index (χ2n) is 5.04. The van der Waals surface area contributed by atoms with Crippen LogP contribution in [0, 0.1) is 10.5 Å². The van der Waals surface area contributed by atoms with Gasteiger partial charge in [0.1, 0.15) is 0 Å². The van der Waals surface area contributed by atoms with Crippen LogP contribution in [0.1, 0.15) is 5.56 Å². The monoisotopic (exact) mass is 451 g/mol. The van der Waals surface area contributed by atoms with Crippen LogP contribution in [0.3, 0.4) is 0 Å². The number of aromatic nitrogens is 2. The van der Waals surface area contributed by atoms with Crippen molar-refractivity contribution in [2.24, 2.45) is 0 Å². The first kappa shape index (κ1) is 17.0. The van der Waals surface area contributed by atoms with Crippen LogP contribution in [0.2, 0.25) is 0 Å². The lowest BCUT2D eigenvalue weighted by molar-refractivity contribution is -0.113. The molecule has 3 aromatic rings. The number of amides is 1. The van der Waals surface area contributed by atoms with Crippen molar-refractivity contribution in [1.82, 2.24) is 10.2 Å². The fourth-order valence-corrected chi connectivity index (χ4v) is 3.19. The Labute approximate surface area is 157 Å². The zero-order valence-corrected chi connectivity index (χ0v) is 15.8. The molecule has 0 unspecified atom stereocenters. The molecular weight excluding hydrogens is 437 g/mol. The maximum atomic E-state index is 12.0. The van der Waals surface area contributed by atoms with E-state index in [1.54, 1.807) is 0 Å². The molecule has 1 amide bonds. The molecule has 7 heteroatoms. The highest BCUT2D eigenvalue weighted by atomic mass is 127. The van der Waals surface area contributed by atoms with Crippen molar-refractivity contribution >= 4 is 45.9 Å². The van der Waals surface area contributed by atoms with Gasteiger partial charge in [0.2, 0.25) is 11.8 Å². The topological polar surface area (TPSA) is 68.0 Å². The van der Waals surface area contributed by atoms with Crippen LogP contribution in [0.4, 0.5) is 5.69 Å². The van der Waals surface area contributed by atoms with E-state index in [4.69, 9.17) is 4.42 Å². The third kappa shape index (κ3) is 4.35. The lowest BCUT2D eigenvalue weighted by Crippen LogP contribution is -2.13. The van der Waals surface area contributed by atoms with E-state index in [-0.39, 0.29) is 11.7 Å². The normalized spacial score (nSPS) is 10.6. The molecule has 2 aromatic carbocycles. The molecule has 3 rings (SSSR count). The van der Waals surface area contributed by atoms with Crippen molar-refractivity contribution in [1.29, 1.82) is 0 Å². The highest BCUT2D eigenvalue weighted by Gasteiger charge is 2.12. The number of benzene rings is 2. The van der Waals surface area contributed by atoms with Crippen LogP contribution < -0.4 is 5.32 Å². The molecule has 0 fully saturated rings. The minimum atomic E-state index is -0.113. The van der Waals surface area contributed by atoms with Gasteiger partial charge in [0.15, 0.2) is 0 Å². The second-order valence-corrected chi connectivity index (χ2v) is 7.21. The highest BCUT2D eigenvalue weighted by Crippen LogP contribution is 2.25. The number of nitrogens with one attached hydrogen (secondary N) is 1. The largest absolute Gasteiger partial charge is 0.411 e. The lowest BCUT2D eigenvalue weighted by atomic mass is 10.1. The second kappa shape index (κ2) is 7.80. The van der Waals surface area contributed by atoms with Gasteiger partial charge in [0, 0.05) is 14.8 Å². The van der Waals surface area contributed by atoms with E-state index in [0.29, 0.717) is 11.1 Å². The molecule has 1 heterocycles. The number of rotatable bonds is 5. The number of carbonyl (C=O) groups excluding carboxylic acids is 1. The van der Waals surface area contributed by atoms with E-state index in [0.717, 1.165) is 20.4 Å². The molecule has 0 aliphatic rings. The molecule has 0 radical (unpaired) electrons. The zero-order chi connectivity index (χ0) is 16.9. The summed E-state index contributed by atoms with van der Waals surface area (Å²) in [5, 5.41) is 11.3. The first-order chi connectivity index (χ1) is 11.6. The summed E-state index contributed by atoms with van der Waals surface area (Å²) in [7, 11) is 0. The number of nitrogens with zero attached hydrogens (tertiary/aromatic N) is 2. The van der Waals surface area contributed by atoms with Crippen molar-refractivity contribution in [2.75, 3.05) is 11.1 Å². The summed E-state index contributed by atoms with van der Waals surface area (Å²) in [4.78, 5) is 12.0. The van der Waals surface area contributed by atoms with Crippen molar-refractivity contribution < 1.29 is 9.21 Å². The van der Waals surface area contributed by atoms with E-state index < -0.39 is 0 Å². The van der Waals surface area contributed by atoms with Gasteiger partial charge in [-0.2, -0.15) is 0 Å². The number of anilines is 1. The molecule has 0 aliphatic carbocycles. The average Bonchev–Trinajstić information content (AvgIpc) is 3.02. The average molecular weight is 451 g/mol. The van der Waals surface area contributed by atoms with Crippen molar-refractivity contribution in [2.45, 2.75) is 12.1 Å². The Morgan fingerprint density at radius 2 is 2.04 bits per heavy atom. The lowest BCUT2D eigenvalue weighted by Gasteiger charge is -2.04. The molecule has 122 valence electrons. The van der Waals surface area contributed by atoms with Crippen molar-refractivity contribution in [3.8, 4) is 11.5 Å². The number of halogens is 1. The first-order valence-corrected chi connectivity index (χ1v) is 9.26. The van der Waals surface area contributed by atoms with Gasteiger partial charge in [-0.15, -0.1) is 10.2 Å². The van der Waals surface area contributed by atoms with Gasteiger partial charge in [-0.1, -0.05) is 36.0 Å². The number of thioether (sulfide) groups is 1. The number of hydrogen-bond acceptors (Lipinski definition) is 5. The fourth-order valence-electron chi connectivity index (χ4n) is 2.08.